The lowest BCUT2D eigenvalue weighted by atomic mass is 9.98. The summed E-state index contributed by atoms with van der Waals surface area (Å²) in [6.07, 6.45) is 2.68. The van der Waals surface area contributed by atoms with Crippen molar-refractivity contribution in [3.8, 4) is 0 Å². The molecule has 0 fully saturated rings. The van der Waals surface area contributed by atoms with Gasteiger partial charge in [0, 0.05) is 13.0 Å². The Balaban J connectivity index is 1.67. The van der Waals surface area contributed by atoms with Crippen LogP contribution in [0.15, 0.2) is 60.7 Å². The molecule has 2 aromatic carbocycles. The van der Waals surface area contributed by atoms with Gasteiger partial charge in [-0.3, -0.25) is 4.79 Å². The Labute approximate surface area is 127 Å². The van der Waals surface area contributed by atoms with E-state index in [0.717, 1.165) is 18.4 Å². The summed E-state index contributed by atoms with van der Waals surface area (Å²) < 4.78 is 0. The second-order valence-electron chi connectivity index (χ2n) is 5.60. The van der Waals surface area contributed by atoms with Gasteiger partial charge in [-0.2, -0.15) is 0 Å². The first kappa shape index (κ1) is 15.3. The molecular formula is C19H23NO. The van der Waals surface area contributed by atoms with Crippen LogP contribution in [0.1, 0.15) is 30.9 Å². The smallest absolute Gasteiger partial charge is 0.220 e. The van der Waals surface area contributed by atoms with E-state index < -0.39 is 0 Å². The van der Waals surface area contributed by atoms with Crippen LogP contribution in [0.5, 0.6) is 0 Å². The molecule has 0 aromatic heterocycles. The predicted octanol–water partition coefficient (Wildman–Crippen LogP) is 3.96. The Morgan fingerprint density at radius 3 is 2.14 bits per heavy atom. The highest BCUT2D eigenvalue weighted by Crippen LogP contribution is 2.12. The van der Waals surface area contributed by atoms with Crippen LogP contribution in [0.2, 0.25) is 0 Å². The number of amides is 1. The number of aryl methyl sites for hydroxylation is 1. The summed E-state index contributed by atoms with van der Waals surface area (Å²) in [5.41, 5.74) is 2.48. The highest BCUT2D eigenvalue weighted by Gasteiger charge is 2.09. The van der Waals surface area contributed by atoms with Gasteiger partial charge in [0.25, 0.3) is 0 Å². The van der Waals surface area contributed by atoms with Crippen LogP contribution in [-0.4, -0.2) is 5.91 Å². The van der Waals surface area contributed by atoms with Gasteiger partial charge in [0.05, 0.1) is 0 Å². The molecule has 0 aliphatic carbocycles. The first-order valence-corrected chi connectivity index (χ1v) is 7.58. The molecule has 0 bridgehead atoms. The molecule has 2 heteroatoms. The third-order valence-corrected chi connectivity index (χ3v) is 3.63. The molecule has 0 radical (unpaired) electrons. The van der Waals surface area contributed by atoms with E-state index in [1.807, 2.05) is 36.4 Å². The molecule has 0 spiro atoms. The first-order valence-electron chi connectivity index (χ1n) is 7.58. The summed E-state index contributed by atoms with van der Waals surface area (Å²) in [7, 11) is 0. The normalized spacial score (nSPS) is 11.9. The summed E-state index contributed by atoms with van der Waals surface area (Å²) >= 11 is 0. The van der Waals surface area contributed by atoms with Gasteiger partial charge in [-0.25, -0.2) is 0 Å². The van der Waals surface area contributed by atoms with Crippen LogP contribution in [0.3, 0.4) is 0 Å². The standard InChI is InChI=1S/C19H23NO/c1-16(12-13-17-8-4-2-5-9-17)14-19(21)20-15-18-10-6-3-7-11-18/h2-11,16H,12-15H2,1H3,(H,20,21)/t16-/m1/s1. The van der Waals surface area contributed by atoms with Crippen molar-refractivity contribution in [2.45, 2.75) is 32.7 Å². The van der Waals surface area contributed by atoms with Gasteiger partial charge in [-0.05, 0) is 29.9 Å². The molecule has 0 heterocycles. The number of carbonyl (C=O) groups is 1. The summed E-state index contributed by atoms with van der Waals surface area (Å²) in [5, 5.41) is 2.99. The second kappa shape index (κ2) is 8.25. The lowest BCUT2D eigenvalue weighted by Gasteiger charge is -2.11. The van der Waals surface area contributed by atoms with Gasteiger partial charge < -0.3 is 5.32 Å². The summed E-state index contributed by atoms with van der Waals surface area (Å²) in [5.74, 6) is 0.542. The van der Waals surface area contributed by atoms with Crippen molar-refractivity contribution in [1.29, 1.82) is 0 Å². The Morgan fingerprint density at radius 2 is 1.52 bits per heavy atom. The molecule has 1 amide bonds. The van der Waals surface area contributed by atoms with Crippen LogP contribution in [0.25, 0.3) is 0 Å². The van der Waals surface area contributed by atoms with E-state index >= 15 is 0 Å². The van der Waals surface area contributed by atoms with Gasteiger partial charge in [0.2, 0.25) is 5.91 Å². The van der Waals surface area contributed by atoms with Crippen molar-refractivity contribution in [3.63, 3.8) is 0 Å². The Hall–Kier alpha value is -2.09. The molecule has 2 nitrogen and oxygen atoms in total. The third-order valence-electron chi connectivity index (χ3n) is 3.63. The number of benzene rings is 2. The highest BCUT2D eigenvalue weighted by atomic mass is 16.1. The molecule has 0 unspecified atom stereocenters. The van der Waals surface area contributed by atoms with Gasteiger partial charge >= 0.3 is 0 Å². The molecule has 110 valence electrons. The Bertz CT molecular complexity index is 536. The van der Waals surface area contributed by atoms with E-state index in [-0.39, 0.29) is 5.91 Å². The van der Waals surface area contributed by atoms with Crippen molar-refractivity contribution in [2.75, 3.05) is 0 Å². The molecule has 0 saturated heterocycles. The maximum Gasteiger partial charge on any atom is 0.220 e. The van der Waals surface area contributed by atoms with Crippen molar-refractivity contribution in [3.05, 3.63) is 71.8 Å². The fourth-order valence-corrected chi connectivity index (χ4v) is 2.34. The van der Waals surface area contributed by atoms with E-state index in [2.05, 4.69) is 36.5 Å². The van der Waals surface area contributed by atoms with Crippen molar-refractivity contribution >= 4 is 5.91 Å². The molecule has 2 rings (SSSR count). The first-order chi connectivity index (χ1) is 10.2. The van der Waals surface area contributed by atoms with E-state index in [9.17, 15) is 4.79 Å². The summed E-state index contributed by atoms with van der Waals surface area (Å²) in [6.45, 7) is 2.76. The SMILES string of the molecule is C[C@H](CCc1ccccc1)CC(=O)NCc1ccccc1. The van der Waals surface area contributed by atoms with E-state index in [1.54, 1.807) is 0 Å². The van der Waals surface area contributed by atoms with Crippen molar-refractivity contribution < 1.29 is 4.79 Å². The number of nitrogens with one attached hydrogen (secondary N) is 1. The van der Waals surface area contributed by atoms with E-state index in [1.165, 1.54) is 5.56 Å². The minimum absolute atomic E-state index is 0.138. The average molecular weight is 281 g/mol. The topological polar surface area (TPSA) is 29.1 Å². The zero-order chi connectivity index (χ0) is 14.9. The van der Waals surface area contributed by atoms with Gasteiger partial charge in [-0.15, -0.1) is 0 Å². The molecule has 1 N–H and O–H groups in total. The zero-order valence-corrected chi connectivity index (χ0v) is 12.6. The van der Waals surface area contributed by atoms with Crippen molar-refractivity contribution in [1.82, 2.24) is 5.32 Å². The molecule has 2 aromatic rings. The lowest BCUT2D eigenvalue weighted by Crippen LogP contribution is -2.24. The van der Waals surface area contributed by atoms with Crippen LogP contribution >= 0.6 is 0 Å². The molecule has 1 atom stereocenters. The fourth-order valence-electron chi connectivity index (χ4n) is 2.34. The zero-order valence-electron chi connectivity index (χ0n) is 12.6. The maximum absolute atomic E-state index is 11.9. The van der Waals surface area contributed by atoms with Gasteiger partial charge in [-0.1, -0.05) is 67.6 Å². The van der Waals surface area contributed by atoms with Crippen molar-refractivity contribution in [2.24, 2.45) is 5.92 Å². The van der Waals surface area contributed by atoms with Crippen LogP contribution < -0.4 is 5.32 Å². The summed E-state index contributed by atoms with van der Waals surface area (Å²) in [6, 6.07) is 20.5. The second-order valence-corrected chi connectivity index (χ2v) is 5.60. The molecule has 21 heavy (non-hydrogen) atoms. The molecular weight excluding hydrogens is 258 g/mol. The van der Waals surface area contributed by atoms with Crippen LogP contribution in [0.4, 0.5) is 0 Å². The minimum atomic E-state index is 0.138. The highest BCUT2D eigenvalue weighted by molar-refractivity contribution is 5.76. The quantitative estimate of drug-likeness (QED) is 0.817. The monoisotopic (exact) mass is 281 g/mol. The maximum atomic E-state index is 11.9. The Kier molecular flexibility index (Phi) is 6.01. The average Bonchev–Trinajstić information content (AvgIpc) is 2.53. The number of carbonyl (C=O) groups excluding carboxylic acids is 1. The van der Waals surface area contributed by atoms with E-state index in [0.29, 0.717) is 18.9 Å². The Morgan fingerprint density at radius 1 is 0.952 bits per heavy atom. The number of hydrogen-bond acceptors (Lipinski definition) is 1. The largest absolute Gasteiger partial charge is 0.352 e. The van der Waals surface area contributed by atoms with Gasteiger partial charge in [0.15, 0.2) is 0 Å². The predicted molar refractivity (Wildman–Crippen MR) is 86.8 cm³/mol. The molecule has 0 saturated carbocycles. The van der Waals surface area contributed by atoms with E-state index in [4.69, 9.17) is 0 Å². The summed E-state index contributed by atoms with van der Waals surface area (Å²) in [4.78, 5) is 11.9. The molecule has 0 aliphatic heterocycles. The minimum Gasteiger partial charge on any atom is -0.352 e. The van der Waals surface area contributed by atoms with Crippen LogP contribution in [-0.2, 0) is 17.8 Å². The fraction of sp³-hybridized carbons (Fsp3) is 0.316. The number of hydrogen-bond donors (Lipinski definition) is 1. The lowest BCUT2D eigenvalue weighted by molar-refractivity contribution is -0.122. The third kappa shape index (κ3) is 5.82. The molecule has 0 aliphatic rings. The van der Waals surface area contributed by atoms with Gasteiger partial charge in [0.1, 0.15) is 0 Å². The number of rotatable bonds is 7. The van der Waals surface area contributed by atoms with Crippen LogP contribution in [0, 0.1) is 5.92 Å².